The molecule has 2 aliphatic rings. The van der Waals surface area contributed by atoms with Gasteiger partial charge in [0.2, 0.25) is 11.8 Å². The summed E-state index contributed by atoms with van der Waals surface area (Å²) in [6.07, 6.45) is 4.01. The topological polar surface area (TPSA) is 95.5 Å². The summed E-state index contributed by atoms with van der Waals surface area (Å²) in [6.45, 7) is 3.65. The SMILES string of the molecule is CCC1CC(C(=O)O)C(C(=O)NC(C)C(=O)NC2CC2)C1. The van der Waals surface area contributed by atoms with Crippen molar-refractivity contribution >= 4 is 17.8 Å². The molecule has 4 unspecified atom stereocenters. The van der Waals surface area contributed by atoms with Crippen molar-refractivity contribution in [1.29, 1.82) is 0 Å². The van der Waals surface area contributed by atoms with Gasteiger partial charge in [-0.2, -0.15) is 0 Å². The Morgan fingerprint density at radius 3 is 2.33 bits per heavy atom. The Morgan fingerprint density at radius 1 is 1.19 bits per heavy atom. The van der Waals surface area contributed by atoms with E-state index in [2.05, 4.69) is 10.6 Å². The Labute approximate surface area is 124 Å². The zero-order chi connectivity index (χ0) is 15.6. The summed E-state index contributed by atoms with van der Waals surface area (Å²) < 4.78 is 0. The van der Waals surface area contributed by atoms with Crippen molar-refractivity contribution in [2.75, 3.05) is 0 Å². The van der Waals surface area contributed by atoms with E-state index in [9.17, 15) is 19.5 Å². The first-order valence-corrected chi connectivity index (χ1v) is 7.75. The number of carboxylic acid groups (broad SMARTS) is 1. The minimum atomic E-state index is -0.916. The second-order valence-corrected chi connectivity index (χ2v) is 6.31. The molecule has 2 rings (SSSR count). The van der Waals surface area contributed by atoms with Gasteiger partial charge in [-0.05, 0) is 38.5 Å². The van der Waals surface area contributed by atoms with E-state index in [0.29, 0.717) is 12.8 Å². The van der Waals surface area contributed by atoms with E-state index in [0.717, 1.165) is 19.3 Å². The molecule has 0 spiro atoms. The maximum atomic E-state index is 12.3. The predicted molar refractivity (Wildman–Crippen MR) is 76.4 cm³/mol. The van der Waals surface area contributed by atoms with Gasteiger partial charge in [0, 0.05) is 6.04 Å². The van der Waals surface area contributed by atoms with Gasteiger partial charge in [-0.15, -0.1) is 0 Å². The van der Waals surface area contributed by atoms with E-state index in [1.807, 2.05) is 6.92 Å². The first kappa shape index (κ1) is 15.8. The molecule has 21 heavy (non-hydrogen) atoms. The van der Waals surface area contributed by atoms with Gasteiger partial charge >= 0.3 is 5.97 Å². The smallest absolute Gasteiger partial charge is 0.307 e. The predicted octanol–water partition coefficient (Wildman–Crippen LogP) is 0.907. The monoisotopic (exact) mass is 296 g/mol. The number of rotatable bonds is 6. The number of hydrogen-bond acceptors (Lipinski definition) is 3. The normalized spacial score (nSPS) is 29.7. The molecular formula is C15H24N2O4. The molecule has 6 heteroatoms. The molecule has 118 valence electrons. The zero-order valence-corrected chi connectivity index (χ0v) is 12.6. The number of amides is 2. The van der Waals surface area contributed by atoms with Gasteiger partial charge in [0.25, 0.3) is 0 Å². The highest BCUT2D eigenvalue weighted by atomic mass is 16.4. The average Bonchev–Trinajstić information content (AvgIpc) is 3.13. The molecule has 2 saturated carbocycles. The van der Waals surface area contributed by atoms with Crippen LogP contribution >= 0.6 is 0 Å². The maximum absolute atomic E-state index is 12.3. The van der Waals surface area contributed by atoms with Crippen molar-refractivity contribution in [3.05, 3.63) is 0 Å². The summed E-state index contributed by atoms with van der Waals surface area (Å²) in [4.78, 5) is 35.4. The van der Waals surface area contributed by atoms with Crippen molar-refractivity contribution in [1.82, 2.24) is 10.6 Å². The molecule has 0 saturated heterocycles. The second kappa shape index (κ2) is 6.45. The lowest BCUT2D eigenvalue weighted by atomic mass is 9.95. The van der Waals surface area contributed by atoms with Crippen molar-refractivity contribution in [2.45, 2.75) is 58.0 Å². The summed E-state index contributed by atoms with van der Waals surface area (Å²) >= 11 is 0. The minimum Gasteiger partial charge on any atom is -0.481 e. The standard InChI is InChI=1S/C15H24N2O4/c1-3-9-6-11(12(7-9)15(20)21)14(19)16-8(2)13(18)17-10-4-5-10/h8-12H,3-7H2,1-2H3,(H,16,19)(H,17,18)(H,20,21). The fraction of sp³-hybridized carbons (Fsp3) is 0.800. The highest BCUT2D eigenvalue weighted by Gasteiger charge is 2.42. The van der Waals surface area contributed by atoms with Crippen LogP contribution in [0.5, 0.6) is 0 Å². The van der Waals surface area contributed by atoms with Gasteiger partial charge in [-0.1, -0.05) is 13.3 Å². The van der Waals surface area contributed by atoms with Crippen LogP contribution in [0.25, 0.3) is 0 Å². The lowest BCUT2D eigenvalue weighted by Gasteiger charge is -2.19. The largest absolute Gasteiger partial charge is 0.481 e. The minimum absolute atomic E-state index is 0.192. The van der Waals surface area contributed by atoms with E-state index >= 15 is 0 Å². The molecule has 6 nitrogen and oxygen atoms in total. The Balaban J connectivity index is 1.91. The highest BCUT2D eigenvalue weighted by molar-refractivity contribution is 5.90. The molecule has 0 radical (unpaired) electrons. The summed E-state index contributed by atoms with van der Waals surface area (Å²) in [7, 11) is 0. The molecule has 0 aromatic carbocycles. The summed E-state index contributed by atoms with van der Waals surface area (Å²) in [5.41, 5.74) is 0. The fourth-order valence-corrected chi connectivity index (χ4v) is 2.98. The Morgan fingerprint density at radius 2 is 1.81 bits per heavy atom. The van der Waals surface area contributed by atoms with Crippen LogP contribution in [-0.2, 0) is 14.4 Å². The van der Waals surface area contributed by atoms with Crippen LogP contribution in [0, 0.1) is 17.8 Å². The third-order valence-electron chi connectivity index (χ3n) is 4.57. The molecule has 0 aliphatic heterocycles. The van der Waals surface area contributed by atoms with Gasteiger partial charge in [0.1, 0.15) is 6.04 Å². The van der Waals surface area contributed by atoms with Crippen molar-refractivity contribution in [3.63, 3.8) is 0 Å². The molecule has 0 heterocycles. The highest BCUT2D eigenvalue weighted by Crippen LogP contribution is 2.38. The summed E-state index contributed by atoms with van der Waals surface area (Å²) in [6, 6.07) is -0.368. The molecule has 4 atom stereocenters. The van der Waals surface area contributed by atoms with Crippen LogP contribution in [0.1, 0.15) is 46.0 Å². The zero-order valence-electron chi connectivity index (χ0n) is 12.6. The fourth-order valence-electron chi connectivity index (χ4n) is 2.98. The van der Waals surface area contributed by atoms with Crippen LogP contribution in [-0.4, -0.2) is 35.0 Å². The van der Waals surface area contributed by atoms with Crippen LogP contribution in [0.2, 0.25) is 0 Å². The van der Waals surface area contributed by atoms with Crippen molar-refractivity contribution in [3.8, 4) is 0 Å². The Hall–Kier alpha value is -1.59. The van der Waals surface area contributed by atoms with E-state index in [4.69, 9.17) is 0 Å². The molecule has 0 aromatic heterocycles. The summed E-state index contributed by atoms with van der Waals surface area (Å²) in [5, 5.41) is 14.8. The van der Waals surface area contributed by atoms with Crippen LogP contribution in [0.3, 0.4) is 0 Å². The first-order chi connectivity index (χ1) is 9.92. The number of nitrogens with one attached hydrogen (secondary N) is 2. The van der Waals surface area contributed by atoms with Gasteiger partial charge in [-0.3, -0.25) is 14.4 Å². The van der Waals surface area contributed by atoms with Crippen LogP contribution < -0.4 is 10.6 Å². The molecule has 2 aliphatic carbocycles. The molecule has 2 amide bonds. The molecule has 2 fully saturated rings. The molecule has 0 bridgehead atoms. The van der Waals surface area contributed by atoms with Gasteiger partial charge in [0.05, 0.1) is 11.8 Å². The summed E-state index contributed by atoms with van der Waals surface area (Å²) in [5.74, 6) is -2.30. The van der Waals surface area contributed by atoms with Crippen molar-refractivity contribution < 1.29 is 19.5 Å². The second-order valence-electron chi connectivity index (χ2n) is 6.31. The quantitative estimate of drug-likeness (QED) is 0.679. The van der Waals surface area contributed by atoms with E-state index in [-0.39, 0.29) is 23.8 Å². The van der Waals surface area contributed by atoms with Crippen LogP contribution in [0.4, 0.5) is 0 Å². The Bertz CT molecular complexity index is 433. The Kier molecular flexibility index (Phi) is 4.85. The first-order valence-electron chi connectivity index (χ1n) is 7.75. The van der Waals surface area contributed by atoms with Gasteiger partial charge < -0.3 is 15.7 Å². The van der Waals surface area contributed by atoms with E-state index in [1.54, 1.807) is 6.92 Å². The molecular weight excluding hydrogens is 272 g/mol. The third-order valence-corrected chi connectivity index (χ3v) is 4.57. The lowest BCUT2D eigenvalue weighted by molar-refractivity contribution is -0.146. The lowest BCUT2D eigenvalue weighted by Crippen LogP contribution is -2.48. The molecule has 3 N–H and O–H groups in total. The maximum Gasteiger partial charge on any atom is 0.307 e. The number of hydrogen-bond donors (Lipinski definition) is 3. The average molecular weight is 296 g/mol. The number of carbonyl (C=O) groups excluding carboxylic acids is 2. The third kappa shape index (κ3) is 3.95. The number of aliphatic carboxylic acids is 1. The van der Waals surface area contributed by atoms with Crippen LogP contribution in [0.15, 0.2) is 0 Å². The van der Waals surface area contributed by atoms with Crippen molar-refractivity contribution in [2.24, 2.45) is 17.8 Å². The molecule has 0 aromatic rings. The van der Waals surface area contributed by atoms with E-state index in [1.165, 1.54) is 0 Å². The van der Waals surface area contributed by atoms with Gasteiger partial charge in [-0.25, -0.2) is 0 Å². The van der Waals surface area contributed by atoms with Gasteiger partial charge in [0.15, 0.2) is 0 Å². The number of carbonyl (C=O) groups is 3. The van der Waals surface area contributed by atoms with E-state index < -0.39 is 23.8 Å². The number of carboxylic acids is 1.